The normalized spacial score (nSPS) is 9.00. The summed E-state index contributed by atoms with van der Waals surface area (Å²) in [7, 11) is 0.750. The first-order valence-corrected chi connectivity index (χ1v) is 10.6. The summed E-state index contributed by atoms with van der Waals surface area (Å²) < 4.78 is 0. The van der Waals surface area contributed by atoms with E-state index in [1.807, 2.05) is 0 Å². The fraction of sp³-hybridized carbons (Fsp3) is 0.500. The van der Waals surface area contributed by atoms with Crippen LogP contribution in [0, 0.1) is 13.8 Å². The molecule has 0 nitrogen and oxygen atoms in total. The third kappa shape index (κ3) is 12.4. The van der Waals surface area contributed by atoms with Gasteiger partial charge in [0.05, 0.1) is 0 Å². The SMILES string of the molecule is CCCc1cc[c-](C)c1.CCCc1cc[c-](C)c1.C[SiH]C.[Zr+2]. The second-order valence-electron chi connectivity index (χ2n) is 5.67. The van der Waals surface area contributed by atoms with E-state index in [4.69, 9.17) is 0 Å². The van der Waals surface area contributed by atoms with Gasteiger partial charge in [0.2, 0.25) is 0 Å². The first-order chi connectivity index (χ1) is 10.1. The van der Waals surface area contributed by atoms with Crippen LogP contribution in [0.1, 0.15) is 48.9 Å². The molecule has 22 heavy (non-hydrogen) atoms. The van der Waals surface area contributed by atoms with E-state index < -0.39 is 0 Å². The van der Waals surface area contributed by atoms with E-state index in [2.05, 4.69) is 77.2 Å². The molecule has 0 aliphatic carbocycles. The summed E-state index contributed by atoms with van der Waals surface area (Å²) in [5, 5.41) is 0. The van der Waals surface area contributed by atoms with Crippen molar-refractivity contribution in [2.45, 2.75) is 66.5 Å². The standard InChI is InChI=1S/2C9H13.C2H7Si.Zr/c2*1-3-4-9-6-5-8(2)7-9;1-3-2;/h2*5-7H,3-4H2,1-2H3;3H,1-2H3;/q2*-1;;+2. The second kappa shape index (κ2) is 15.7. The molecule has 1 radical (unpaired) electrons. The Labute approximate surface area is 160 Å². The monoisotopic (exact) mass is 391 g/mol. The van der Waals surface area contributed by atoms with Gasteiger partial charge in [0.25, 0.3) is 0 Å². The smallest absolute Gasteiger partial charge is 0.210 e. The van der Waals surface area contributed by atoms with Crippen molar-refractivity contribution in [2.24, 2.45) is 0 Å². The van der Waals surface area contributed by atoms with Crippen LogP contribution in [-0.2, 0) is 39.0 Å². The average molecular weight is 393 g/mol. The van der Waals surface area contributed by atoms with Gasteiger partial charge in [-0.3, -0.25) is 0 Å². The molecule has 0 aliphatic rings. The van der Waals surface area contributed by atoms with Crippen molar-refractivity contribution in [1.82, 2.24) is 0 Å². The minimum atomic E-state index is 0. The predicted molar refractivity (Wildman–Crippen MR) is 100 cm³/mol. The number of hydrogen-bond donors (Lipinski definition) is 0. The molecule has 2 heteroatoms. The Bertz CT molecular complexity index is 411. The predicted octanol–water partition coefficient (Wildman–Crippen LogP) is 5.85. The van der Waals surface area contributed by atoms with Gasteiger partial charge in [-0.2, -0.15) is 46.5 Å². The molecule has 0 amide bonds. The third-order valence-electron chi connectivity index (χ3n) is 3.02. The van der Waals surface area contributed by atoms with Gasteiger partial charge in [-0.25, -0.2) is 12.1 Å². The van der Waals surface area contributed by atoms with Crippen LogP contribution >= 0.6 is 0 Å². The van der Waals surface area contributed by atoms with Crippen LogP contribution in [0.15, 0.2) is 36.4 Å². The van der Waals surface area contributed by atoms with E-state index >= 15 is 0 Å². The summed E-state index contributed by atoms with van der Waals surface area (Å²) in [6.07, 6.45) is 4.97. The topological polar surface area (TPSA) is 0 Å². The minimum absolute atomic E-state index is 0. The van der Waals surface area contributed by atoms with Crippen LogP contribution in [0.5, 0.6) is 0 Å². The molecule has 0 aromatic heterocycles. The van der Waals surface area contributed by atoms with Crippen molar-refractivity contribution in [1.29, 1.82) is 0 Å². The zero-order chi connectivity index (χ0) is 16.1. The molecule has 121 valence electrons. The van der Waals surface area contributed by atoms with Gasteiger partial charge in [-0.1, -0.05) is 66.5 Å². The van der Waals surface area contributed by atoms with Crippen LogP contribution < -0.4 is 0 Å². The van der Waals surface area contributed by atoms with Gasteiger partial charge in [0.15, 0.2) is 0 Å². The fourth-order valence-corrected chi connectivity index (χ4v) is 2.14. The molecule has 0 bridgehead atoms. The molecule has 0 saturated carbocycles. The maximum Gasteiger partial charge on any atom is 2.00 e. The Morgan fingerprint density at radius 3 is 1.32 bits per heavy atom. The Morgan fingerprint density at radius 2 is 1.14 bits per heavy atom. The zero-order valence-electron chi connectivity index (χ0n) is 15.4. The minimum Gasteiger partial charge on any atom is -0.210 e. The van der Waals surface area contributed by atoms with Crippen LogP contribution in [0.4, 0.5) is 0 Å². The molecule has 0 unspecified atom stereocenters. The maximum atomic E-state index is 2.25. The van der Waals surface area contributed by atoms with E-state index in [0.717, 1.165) is 9.52 Å². The molecule has 0 atom stereocenters. The Morgan fingerprint density at radius 1 is 0.818 bits per heavy atom. The molecule has 2 aromatic rings. The van der Waals surface area contributed by atoms with Gasteiger partial charge in [0.1, 0.15) is 0 Å². The van der Waals surface area contributed by atoms with Crippen LogP contribution in [0.3, 0.4) is 0 Å². The summed E-state index contributed by atoms with van der Waals surface area (Å²) in [6, 6.07) is 13.3. The quantitative estimate of drug-likeness (QED) is 0.452. The average Bonchev–Trinajstić information content (AvgIpc) is 3.02. The molecule has 0 aliphatic heterocycles. The van der Waals surface area contributed by atoms with E-state index in [1.165, 1.54) is 47.9 Å². The number of rotatable bonds is 4. The van der Waals surface area contributed by atoms with Gasteiger partial charge >= 0.3 is 26.2 Å². The first-order valence-electron chi connectivity index (χ1n) is 8.25. The van der Waals surface area contributed by atoms with E-state index in [9.17, 15) is 0 Å². The summed E-state index contributed by atoms with van der Waals surface area (Å²) in [6.45, 7) is 13.1. The van der Waals surface area contributed by atoms with Crippen molar-refractivity contribution in [3.63, 3.8) is 0 Å². The Balaban J connectivity index is 0. The third-order valence-corrected chi connectivity index (χ3v) is 3.02. The number of aryl methyl sites for hydroxylation is 4. The Kier molecular flexibility index (Phi) is 17.2. The fourth-order valence-electron chi connectivity index (χ4n) is 2.14. The molecule has 0 fully saturated rings. The van der Waals surface area contributed by atoms with E-state index in [0.29, 0.717) is 0 Å². The molecule has 0 heterocycles. The van der Waals surface area contributed by atoms with Crippen molar-refractivity contribution in [2.75, 3.05) is 0 Å². The van der Waals surface area contributed by atoms with Gasteiger partial charge < -0.3 is 0 Å². The molecular weight excluding hydrogens is 360 g/mol. The molecule has 0 N–H and O–H groups in total. The summed E-state index contributed by atoms with van der Waals surface area (Å²) >= 11 is 0. The van der Waals surface area contributed by atoms with Crippen LogP contribution in [-0.4, -0.2) is 9.52 Å². The molecule has 2 rings (SSSR count). The van der Waals surface area contributed by atoms with Crippen molar-refractivity contribution < 1.29 is 26.2 Å². The van der Waals surface area contributed by atoms with Gasteiger partial charge in [0, 0.05) is 9.52 Å². The summed E-state index contributed by atoms with van der Waals surface area (Å²) in [4.78, 5) is 0. The molecular formula is C20H33SiZr. The maximum absolute atomic E-state index is 2.25. The largest absolute Gasteiger partial charge is 2.00 e. The van der Waals surface area contributed by atoms with Crippen LogP contribution in [0.2, 0.25) is 13.1 Å². The molecule has 0 spiro atoms. The van der Waals surface area contributed by atoms with E-state index in [1.54, 1.807) is 0 Å². The van der Waals surface area contributed by atoms with Crippen molar-refractivity contribution in [3.05, 3.63) is 58.7 Å². The van der Waals surface area contributed by atoms with E-state index in [-0.39, 0.29) is 26.2 Å². The zero-order valence-corrected chi connectivity index (χ0v) is 19.0. The van der Waals surface area contributed by atoms with Gasteiger partial charge in [-0.15, -0.1) is 0 Å². The van der Waals surface area contributed by atoms with Crippen molar-refractivity contribution >= 4 is 9.52 Å². The molecule has 2 aromatic carbocycles. The Hall–Kier alpha value is -0.200. The molecule has 0 saturated heterocycles. The first kappa shape index (κ1) is 24.1. The summed E-state index contributed by atoms with van der Waals surface area (Å²) in [5.41, 5.74) is 5.74. The second-order valence-corrected chi connectivity index (χ2v) is 6.83. The number of hydrogen-bond acceptors (Lipinski definition) is 0. The summed E-state index contributed by atoms with van der Waals surface area (Å²) in [5.74, 6) is 0. The van der Waals surface area contributed by atoms with Crippen LogP contribution in [0.25, 0.3) is 0 Å². The van der Waals surface area contributed by atoms with Gasteiger partial charge in [-0.05, 0) is 0 Å². The van der Waals surface area contributed by atoms with Crippen molar-refractivity contribution in [3.8, 4) is 0 Å².